The van der Waals surface area contributed by atoms with Gasteiger partial charge in [-0.1, -0.05) is 0 Å². The molecule has 1 aromatic rings. The van der Waals surface area contributed by atoms with Crippen molar-refractivity contribution in [1.82, 2.24) is 9.13 Å². The molecule has 0 aliphatic carbocycles. The Morgan fingerprint density at radius 2 is 2.06 bits per heavy atom. The van der Waals surface area contributed by atoms with Gasteiger partial charge in [-0.25, -0.2) is 9.59 Å². The van der Waals surface area contributed by atoms with Crippen LogP contribution in [0.1, 0.15) is 6.92 Å². The van der Waals surface area contributed by atoms with Crippen molar-refractivity contribution in [3.63, 3.8) is 0 Å². The van der Waals surface area contributed by atoms with E-state index in [1.807, 2.05) is 0 Å². The summed E-state index contributed by atoms with van der Waals surface area (Å²) in [5, 5.41) is 18.2. The van der Waals surface area contributed by atoms with E-state index in [2.05, 4.69) is 0 Å². The molecule has 0 radical (unpaired) electrons. The molecule has 0 aromatic carbocycles. The van der Waals surface area contributed by atoms with Crippen molar-refractivity contribution >= 4 is 5.97 Å². The van der Waals surface area contributed by atoms with Crippen LogP contribution in [0.3, 0.4) is 0 Å². The quantitative estimate of drug-likeness (QED) is 0.647. The topological polar surface area (TPSA) is 102 Å². The van der Waals surface area contributed by atoms with E-state index in [4.69, 9.17) is 5.11 Å². The maximum absolute atomic E-state index is 11.5. The van der Waals surface area contributed by atoms with Crippen molar-refractivity contribution in [2.24, 2.45) is 7.05 Å². The Morgan fingerprint density at radius 3 is 2.56 bits per heavy atom. The molecule has 0 bridgehead atoms. The molecule has 1 heterocycles. The first-order valence-corrected chi connectivity index (χ1v) is 4.48. The van der Waals surface area contributed by atoms with Gasteiger partial charge in [-0.2, -0.15) is 0 Å². The summed E-state index contributed by atoms with van der Waals surface area (Å²) in [5.74, 6) is -1.50. The maximum Gasteiger partial charge on any atom is 0.337 e. The summed E-state index contributed by atoms with van der Waals surface area (Å²) in [5.41, 5.74) is -3.48. The number of rotatable bonds is 3. The van der Waals surface area contributed by atoms with E-state index < -0.39 is 29.4 Å². The van der Waals surface area contributed by atoms with Gasteiger partial charge in [-0.3, -0.25) is 9.36 Å². The number of aliphatic hydroxyl groups is 1. The minimum Gasteiger partial charge on any atom is -0.479 e. The third-order valence-electron chi connectivity index (χ3n) is 2.17. The molecule has 88 valence electrons. The highest BCUT2D eigenvalue weighted by atomic mass is 16.4. The van der Waals surface area contributed by atoms with Gasteiger partial charge >= 0.3 is 11.7 Å². The fourth-order valence-corrected chi connectivity index (χ4v) is 1.14. The molecule has 0 spiro atoms. The Hall–Kier alpha value is -1.89. The van der Waals surface area contributed by atoms with E-state index in [9.17, 15) is 19.5 Å². The number of aliphatic carboxylic acids is 1. The number of hydrogen-bond donors (Lipinski definition) is 2. The van der Waals surface area contributed by atoms with Crippen LogP contribution in [-0.4, -0.2) is 30.9 Å². The van der Waals surface area contributed by atoms with Gasteiger partial charge in [0.15, 0.2) is 5.60 Å². The van der Waals surface area contributed by atoms with E-state index in [1.165, 1.54) is 13.2 Å². The second kappa shape index (κ2) is 3.93. The molecule has 2 N–H and O–H groups in total. The highest BCUT2D eigenvalue weighted by molar-refractivity contribution is 5.76. The summed E-state index contributed by atoms with van der Waals surface area (Å²) in [6, 6.07) is 1.12. The van der Waals surface area contributed by atoms with Gasteiger partial charge in [0.25, 0.3) is 5.56 Å². The molecule has 1 aromatic heterocycles. The third-order valence-corrected chi connectivity index (χ3v) is 2.17. The van der Waals surface area contributed by atoms with Crippen LogP contribution in [0.15, 0.2) is 21.9 Å². The molecule has 0 amide bonds. The minimum absolute atomic E-state index is 0.589. The summed E-state index contributed by atoms with van der Waals surface area (Å²) in [4.78, 5) is 33.5. The lowest BCUT2D eigenvalue weighted by atomic mass is 10.1. The van der Waals surface area contributed by atoms with Gasteiger partial charge in [0.1, 0.15) is 0 Å². The average Bonchev–Trinajstić information content (AvgIpc) is 2.18. The monoisotopic (exact) mass is 228 g/mol. The predicted molar refractivity (Wildman–Crippen MR) is 54.2 cm³/mol. The molecule has 0 saturated carbocycles. The predicted octanol–water partition coefficient (Wildman–Crippen LogP) is -1.62. The molecule has 0 fully saturated rings. The van der Waals surface area contributed by atoms with Gasteiger partial charge in [0.05, 0.1) is 6.54 Å². The van der Waals surface area contributed by atoms with E-state index in [0.29, 0.717) is 4.57 Å². The lowest BCUT2D eigenvalue weighted by molar-refractivity contribution is -0.158. The first kappa shape index (κ1) is 12.2. The number of carboxylic acid groups (broad SMARTS) is 1. The number of carboxylic acids is 1. The largest absolute Gasteiger partial charge is 0.479 e. The van der Waals surface area contributed by atoms with Crippen LogP contribution in [0.4, 0.5) is 0 Å². The molecular formula is C9H12N2O5. The number of carbonyl (C=O) groups is 1. The number of nitrogens with zero attached hydrogens (tertiary/aromatic N) is 2. The lowest BCUT2D eigenvalue weighted by Gasteiger charge is -2.18. The molecule has 7 nitrogen and oxygen atoms in total. The molecule has 1 unspecified atom stereocenters. The molecule has 1 atom stereocenters. The number of hydrogen-bond acceptors (Lipinski definition) is 4. The van der Waals surface area contributed by atoms with Crippen molar-refractivity contribution in [3.05, 3.63) is 33.1 Å². The Kier molecular flexibility index (Phi) is 2.99. The zero-order valence-electron chi connectivity index (χ0n) is 8.88. The van der Waals surface area contributed by atoms with Gasteiger partial charge in [-0.15, -0.1) is 0 Å². The van der Waals surface area contributed by atoms with Crippen molar-refractivity contribution in [3.8, 4) is 0 Å². The van der Waals surface area contributed by atoms with Crippen molar-refractivity contribution in [2.45, 2.75) is 19.1 Å². The summed E-state index contributed by atoms with van der Waals surface area (Å²) in [6.07, 6.45) is 1.27. The Balaban J connectivity index is 3.27. The molecule has 0 aliphatic heterocycles. The van der Waals surface area contributed by atoms with Crippen LogP contribution in [0.2, 0.25) is 0 Å². The Labute approximate surface area is 90.2 Å². The van der Waals surface area contributed by atoms with Gasteiger partial charge in [-0.05, 0) is 6.92 Å². The Morgan fingerprint density at radius 1 is 1.50 bits per heavy atom. The minimum atomic E-state index is -2.16. The first-order chi connectivity index (χ1) is 7.25. The number of aryl methyl sites for hydroxylation is 1. The number of aromatic nitrogens is 2. The van der Waals surface area contributed by atoms with E-state index in [-0.39, 0.29) is 0 Å². The highest BCUT2D eigenvalue weighted by Gasteiger charge is 2.31. The smallest absolute Gasteiger partial charge is 0.337 e. The van der Waals surface area contributed by atoms with E-state index in [0.717, 1.165) is 17.6 Å². The van der Waals surface area contributed by atoms with Crippen LogP contribution in [0.5, 0.6) is 0 Å². The van der Waals surface area contributed by atoms with Crippen molar-refractivity contribution < 1.29 is 15.0 Å². The van der Waals surface area contributed by atoms with E-state index in [1.54, 1.807) is 0 Å². The van der Waals surface area contributed by atoms with E-state index >= 15 is 0 Å². The summed E-state index contributed by atoms with van der Waals surface area (Å²) in [7, 11) is 1.42. The van der Waals surface area contributed by atoms with Crippen molar-refractivity contribution in [1.29, 1.82) is 0 Å². The molecule has 0 saturated heterocycles. The normalized spacial score (nSPS) is 14.4. The van der Waals surface area contributed by atoms with Gasteiger partial charge < -0.3 is 14.8 Å². The highest BCUT2D eigenvalue weighted by Crippen LogP contribution is 2.04. The zero-order valence-corrected chi connectivity index (χ0v) is 8.88. The SMILES string of the molecule is Cn1ccc(=O)n(CC(C)(O)C(=O)O)c1=O. The fraction of sp³-hybridized carbons (Fsp3) is 0.444. The molecule has 1 rings (SSSR count). The standard InChI is InChI=1S/C9H12N2O5/c1-9(16,7(13)14)5-11-6(12)3-4-10(2)8(11)15/h3-4,16H,5H2,1-2H3,(H,13,14). The van der Waals surface area contributed by atoms with Gasteiger partial charge in [0.2, 0.25) is 0 Å². The maximum atomic E-state index is 11.5. The third kappa shape index (κ3) is 2.19. The second-order valence-corrected chi connectivity index (χ2v) is 3.71. The first-order valence-electron chi connectivity index (χ1n) is 4.48. The van der Waals surface area contributed by atoms with Crippen LogP contribution in [-0.2, 0) is 18.4 Å². The van der Waals surface area contributed by atoms with Crippen LogP contribution in [0, 0.1) is 0 Å². The molecule has 7 heteroatoms. The van der Waals surface area contributed by atoms with Crippen molar-refractivity contribution in [2.75, 3.05) is 0 Å². The summed E-state index contributed by atoms with van der Waals surface area (Å²) < 4.78 is 1.80. The molecule has 16 heavy (non-hydrogen) atoms. The van der Waals surface area contributed by atoms with Crippen LogP contribution >= 0.6 is 0 Å². The van der Waals surface area contributed by atoms with Crippen LogP contribution in [0.25, 0.3) is 0 Å². The summed E-state index contributed by atoms with van der Waals surface area (Å²) in [6.45, 7) is 0.433. The molecule has 0 aliphatic rings. The van der Waals surface area contributed by atoms with Gasteiger partial charge in [0, 0.05) is 19.3 Å². The molecular weight excluding hydrogens is 216 g/mol. The average molecular weight is 228 g/mol. The second-order valence-electron chi connectivity index (χ2n) is 3.71. The lowest BCUT2D eigenvalue weighted by Crippen LogP contribution is -2.48. The van der Waals surface area contributed by atoms with Crippen LogP contribution < -0.4 is 11.2 Å². The Bertz CT molecular complexity index is 525. The fourth-order valence-electron chi connectivity index (χ4n) is 1.14. The summed E-state index contributed by atoms with van der Waals surface area (Å²) >= 11 is 0. The zero-order chi connectivity index (χ0) is 12.5.